The van der Waals surface area contributed by atoms with Crippen molar-refractivity contribution in [3.05, 3.63) is 58.6 Å². The van der Waals surface area contributed by atoms with Crippen molar-refractivity contribution in [3.8, 4) is 5.75 Å². The molecule has 0 unspecified atom stereocenters. The van der Waals surface area contributed by atoms with Crippen molar-refractivity contribution < 1.29 is 14.3 Å². The van der Waals surface area contributed by atoms with E-state index in [0.717, 1.165) is 21.5 Å². The van der Waals surface area contributed by atoms with E-state index >= 15 is 0 Å². The van der Waals surface area contributed by atoms with Crippen LogP contribution in [0.15, 0.2) is 53.0 Å². The summed E-state index contributed by atoms with van der Waals surface area (Å²) in [6.45, 7) is 2.41. The molecule has 0 aliphatic rings. The number of hydrogen-bond acceptors (Lipinski definition) is 3. The number of ether oxygens (including phenoxy) is 1. The molecule has 5 nitrogen and oxygen atoms in total. The Morgan fingerprint density at radius 2 is 1.72 bits per heavy atom. The normalized spacial score (nSPS) is 10.2. The van der Waals surface area contributed by atoms with Crippen LogP contribution in [0.5, 0.6) is 5.75 Å². The summed E-state index contributed by atoms with van der Waals surface area (Å²) >= 11 is 3.37. The van der Waals surface area contributed by atoms with Crippen LogP contribution in [-0.4, -0.2) is 36.9 Å². The zero-order valence-corrected chi connectivity index (χ0v) is 15.9. The summed E-state index contributed by atoms with van der Waals surface area (Å²) in [5, 5.41) is 2.70. The molecule has 132 valence electrons. The van der Waals surface area contributed by atoms with Gasteiger partial charge in [0.15, 0.2) is 0 Å². The summed E-state index contributed by atoms with van der Waals surface area (Å²) in [6, 6.07) is 14.8. The first kappa shape index (κ1) is 19.0. The summed E-state index contributed by atoms with van der Waals surface area (Å²) in [5.41, 5.74) is 1.62. The van der Waals surface area contributed by atoms with Crippen LogP contribution in [-0.2, 0) is 16.0 Å². The van der Waals surface area contributed by atoms with Crippen molar-refractivity contribution in [2.75, 3.05) is 25.5 Å². The zero-order valence-electron chi connectivity index (χ0n) is 14.3. The lowest BCUT2D eigenvalue weighted by Gasteiger charge is -2.17. The van der Waals surface area contributed by atoms with Crippen molar-refractivity contribution in [2.24, 2.45) is 0 Å². The molecule has 0 fully saturated rings. The van der Waals surface area contributed by atoms with E-state index in [2.05, 4.69) is 21.2 Å². The molecule has 2 aromatic carbocycles. The number of halogens is 1. The number of hydrogen-bond donors (Lipinski definition) is 1. The highest BCUT2D eigenvalue weighted by Gasteiger charge is 2.10. The maximum atomic E-state index is 12.3. The third-order valence-corrected chi connectivity index (χ3v) is 4.09. The lowest BCUT2D eigenvalue weighted by Crippen LogP contribution is -2.32. The molecule has 0 atom stereocenters. The van der Waals surface area contributed by atoms with Crippen LogP contribution in [0.4, 0.5) is 5.69 Å². The van der Waals surface area contributed by atoms with E-state index in [1.54, 1.807) is 24.1 Å². The maximum absolute atomic E-state index is 12.3. The number of carbonyl (C=O) groups is 2. The van der Waals surface area contributed by atoms with Crippen molar-refractivity contribution in [2.45, 2.75) is 13.3 Å². The Balaban J connectivity index is 1.77. The van der Waals surface area contributed by atoms with Gasteiger partial charge in [0.2, 0.25) is 11.8 Å². The van der Waals surface area contributed by atoms with Gasteiger partial charge in [-0.25, -0.2) is 0 Å². The van der Waals surface area contributed by atoms with Crippen LogP contribution < -0.4 is 10.1 Å². The molecule has 0 aliphatic carbocycles. The minimum Gasteiger partial charge on any atom is -0.492 e. The first-order chi connectivity index (χ1) is 11.9. The van der Waals surface area contributed by atoms with E-state index in [4.69, 9.17) is 4.74 Å². The Kier molecular flexibility index (Phi) is 7.01. The second-order valence-corrected chi connectivity index (χ2v) is 6.59. The van der Waals surface area contributed by atoms with E-state index in [1.165, 1.54) is 6.92 Å². The highest BCUT2D eigenvalue weighted by Crippen LogP contribution is 2.16. The number of anilines is 1. The van der Waals surface area contributed by atoms with Crippen LogP contribution in [0.25, 0.3) is 0 Å². The van der Waals surface area contributed by atoms with Gasteiger partial charge in [0.05, 0.1) is 13.0 Å². The van der Waals surface area contributed by atoms with Gasteiger partial charge in [0, 0.05) is 24.1 Å². The SMILES string of the molecule is CC(=O)Nc1ccc(CC(=O)N(C)CCOc2ccc(Br)cc2)cc1. The summed E-state index contributed by atoms with van der Waals surface area (Å²) in [7, 11) is 1.76. The topological polar surface area (TPSA) is 58.6 Å². The number of nitrogens with one attached hydrogen (secondary N) is 1. The molecule has 0 aliphatic heterocycles. The van der Waals surface area contributed by atoms with Gasteiger partial charge in [0.1, 0.15) is 12.4 Å². The van der Waals surface area contributed by atoms with Crippen molar-refractivity contribution in [1.82, 2.24) is 4.90 Å². The monoisotopic (exact) mass is 404 g/mol. The predicted octanol–water partition coefficient (Wildman–Crippen LogP) is 3.49. The predicted molar refractivity (Wildman–Crippen MR) is 102 cm³/mol. The summed E-state index contributed by atoms with van der Waals surface area (Å²) < 4.78 is 6.63. The second kappa shape index (κ2) is 9.22. The largest absolute Gasteiger partial charge is 0.492 e. The van der Waals surface area contributed by atoms with Gasteiger partial charge in [-0.3, -0.25) is 9.59 Å². The van der Waals surface area contributed by atoms with E-state index in [9.17, 15) is 9.59 Å². The van der Waals surface area contributed by atoms with Crippen LogP contribution in [0.1, 0.15) is 12.5 Å². The molecule has 6 heteroatoms. The summed E-state index contributed by atoms with van der Waals surface area (Å²) in [6.07, 6.45) is 0.315. The maximum Gasteiger partial charge on any atom is 0.226 e. The fraction of sp³-hybridized carbons (Fsp3) is 0.263. The smallest absolute Gasteiger partial charge is 0.226 e. The molecule has 0 saturated carbocycles. The number of likely N-dealkylation sites (N-methyl/N-ethyl adjacent to an activating group) is 1. The van der Waals surface area contributed by atoms with Crippen LogP contribution in [0.2, 0.25) is 0 Å². The molecule has 0 spiro atoms. The Morgan fingerprint density at radius 1 is 1.08 bits per heavy atom. The van der Waals surface area contributed by atoms with Gasteiger partial charge in [-0.2, -0.15) is 0 Å². The average molecular weight is 405 g/mol. The first-order valence-corrected chi connectivity index (χ1v) is 8.72. The molecule has 2 aromatic rings. The average Bonchev–Trinajstić information content (AvgIpc) is 2.58. The van der Waals surface area contributed by atoms with E-state index in [0.29, 0.717) is 19.6 Å². The van der Waals surface area contributed by atoms with Crippen LogP contribution >= 0.6 is 15.9 Å². The number of carbonyl (C=O) groups excluding carboxylic acids is 2. The van der Waals surface area contributed by atoms with Crippen LogP contribution in [0.3, 0.4) is 0 Å². The Hall–Kier alpha value is -2.34. The first-order valence-electron chi connectivity index (χ1n) is 7.93. The third kappa shape index (κ3) is 6.58. The number of rotatable bonds is 7. The van der Waals surface area contributed by atoms with E-state index in [-0.39, 0.29) is 11.8 Å². The zero-order chi connectivity index (χ0) is 18.2. The molecule has 0 heterocycles. The molecule has 25 heavy (non-hydrogen) atoms. The van der Waals surface area contributed by atoms with Gasteiger partial charge < -0.3 is 15.0 Å². The number of benzene rings is 2. The lowest BCUT2D eigenvalue weighted by atomic mass is 10.1. The van der Waals surface area contributed by atoms with E-state index in [1.807, 2.05) is 36.4 Å². The lowest BCUT2D eigenvalue weighted by molar-refractivity contribution is -0.129. The molecular weight excluding hydrogens is 384 g/mol. The van der Waals surface area contributed by atoms with Crippen molar-refractivity contribution in [3.63, 3.8) is 0 Å². The molecule has 1 N–H and O–H groups in total. The Labute approximate surface area is 156 Å². The minimum atomic E-state index is -0.116. The quantitative estimate of drug-likeness (QED) is 0.768. The molecule has 0 saturated heterocycles. The van der Waals surface area contributed by atoms with Crippen molar-refractivity contribution >= 4 is 33.4 Å². The minimum absolute atomic E-state index is 0.0201. The van der Waals surface area contributed by atoms with Gasteiger partial charge >= 0.3 is 0 Å². The number of nitrogens with zero attached hydrogens (tertiary/aromatic N) is 1. The fourth-order valence-electron chi connectivity index (χ4n) is 2.17. The fourth-order valence-corrected chi connectivity index (χ4v) is 2.44. The highest BCUT2D eigenvalue weighted by molar-refractivity contribution is 9.10. The molecular formula is C19H21BrN2O3. The molecule has 0 radical (unpaired) electrons. The van der Waals surface area contributed by atoms with Gasteiger partial charge in [-0.15, -0.1) is 0 Å². The second-order valence-electron chi connectivity index (χ2n) is 5.67. The number of amides is 2. The summed E-state index contributed by atoms with van der Waals surface area (Å²) in [5.74, 6) is 0.679. The summed E-state index contributed by atoms with van der Waals surface area (Å²) in [4.78, 5) is 24.9. The third-order valence-electron chi connectivity index (χ3n) is 3.56. The molecule has 2 amide bonds. The van der Waals surface area contributed by atoms with Gasteiger partial charge in [-0.1, -0.05) is 28.1 Å². The Bertz CT molecular complexity index is 714. The van der Waals surface area contributed by atoms with Crippen molar-refractivity contribution in [1.29, 1.82) is 0 Å². The Morgan fingerprint density at radius 3 is 2.32 bits per heavy atom. The molecule has 2 rings (SSSR count). The van der Waals surface area contributed by atoms with Crippen LogP contribution in [0, 0.1) is 0 Å². The van der Waals surface area contributed by atoms with Gasteiger partial charge in [-0.05, 0) is 42.0 Å². The molecule has 0 aromatic heterocycles. The van der Waals surface area contributed by atoms with E-state index < -0.39 is 0 Å². The molecule has 0 bridgehead atoms. The highest BCUT2D eigenvalue weighted by atomic mass is 79.9. The van der Waals surface area contributed by atoms with Gasteiger partial charge in [0.25, 0.3) is 0 Å². The standard InChI is InChI=1S/C19H21BrN2O3/c1-14(23)21-17-7-3-15(4-8-17)13-19(24)22(2)11-12-25-18-9-5-16(20)6-10-18/h3-10H,11-13H2,1-2H3,(H,21,23).